The highest BCUT2D eigenvalue weighted by Gasteiger charge is 2.30. The van der Waals surface area contributed by atoms with Crippen LogP contribution in [-0.4, -0.2) is 28.4 Å². The Bertz CT molecular complexity index is 421. The number of likely N-dealkylation sites (tertiary alicyclic amines) is 1. The zero-order valence-electron chi connectivity index (χ0n) is 10.2. The summed E-state index contributed by atoms with van der Waals surface area (Å²) < 4.78 is 0. The molecule has 2 heterocycles. The maximum absolute atomic E-state index is 12.3. The third-order valence-corrected chi connectivity index (χ3v) is 3.20. The lowest BCUT2D eigenvalue weighted by Crippen LogP contribution is -2.34. The summed E-state index contributed by atoms with van der Waals surface area (Å²) in [4.78, 5) is 18.2. The SMILES string of the molecule is CC1CC(C)N(C(=O)c2ccnc(NN)c2)C1. The lowest BCUT2D eigenvalue weighted by Gasteiger charge is -2.21. The molecule has 92 valence electrons. The van der Waals surface area contributed by atoms with Crippen LogP contribution in [0.15, 0.2) is 18.3 Å². The van der Waals surface area contributed by atoms with Gasteiger partial charge in [0.15, 0.2) is 0 Å². The Kier molecular flexibility index (Phi) is 3.28. The quantitative estimate of drug-likeness (QED) is 0.596. The fourth-order valence-corrected chi connectivity index (χ4v) is 2.39. The van der Waals surface area contributed by atoms with Gasteiger partial charge in [-0.1, -0.05) is 6.92 Å². The lowest BCUT2D eigenvalue weighted by atomic mass is 10.1. The summed E-state index contributed by atoms with van der Waals surface area (Å²) in [5.74, 6) is 6.42. The van der Waals surface area contributed by atoms with Gasteiger partial charge in [0, 0.05) is 24.3 Å². The maximum Gasteiger partial charge on any atom is 0.254 e. The number of rotatable bonds is 2. The van der Waals surface area contributed by atoms with Gasteiger partial charge < -0.3 is 10.3 Å². The minimum atomic E-state index is 0.0563. The Balaban J connectivity index is 2.19. The van der Waals surface area contributed by atoms with E-state index in [0.29, 0.717) is 23.3 Å². The van der Waals surface area contributed by atoms with Crippen LogP contribution in [0.5, 0.6) is 0 Å². The van der Waals surface area contributed by atoms with Crippen molar-refractivity contribution in [3.63, 3.8) is 0 Å². The van der Waals surface area contributed by atoms with Crippen molar-refractivity contribution in [2.75, 3.05) is 12.0 Å². The molecule has 1 aliphatic heterocycles. The largest absolute Gasteiger partial charge is 0.336 e. The van der Waals surface area contributed by atoms with E-state index in [1.165, 1.54) is 0 Å². The van der Waals surface area contributed by atoms with Crippen molar-refractivity contribution in [3.8, 4) is 0 Å². The van der Waals surface area contributed by atoms with Crippen LogP contribution in [0, 0.1) is 5.92 Å². The van der Waals surface area contributed by atoms with Crippen molar-refractivity contribution in [1.82, 2.24) is 9.88 Å². The molecule has 2 rings (SSSR count). The van der Waals surface area contributed by atoms with Gasteiger partial charge in [0.05, 0.1) is 0 Å². The zero-order chi connectivity index (χ0) is 12.4. The molecular weight excluding hydrogens is 216 g/mol. The molecule has 5 heteroatoms. The minimum Gasteiger partial charge on any atom is -0.336 e. The van der Waals surface area contributed by atoms with Crippen molar-refractivity contribution in [2.45, 2.75) is 26.3 Å². The van der Waals surface area contributed by atoms with Crippen LogP contribution in [0.2, 0.25) is 0 Å². The highest BCUT2D eigenvalue weighted by atomic mass is 16.2. The average molecular weight is 234 g/mol. The van der Waals surface area contributed by atoms with Gasteiger partial charge in [-0.2, -0.15) is 0 Å². The molecule has 1 amide bonds. The molecule has 1 fully saturated rings. The van der Waals surface area contributed by atoms with Gasteiger partial charge in [0.1, 0.15) is 5.82 Å². The van der Waals surface area contributed by atoms with E-state index in [4.69, 9.17) is 5.84 Å². The van der Waals surface area contributed by atoms with Gasteiger partial charge in [-0.05, 0) is 31.4 Å². The van der Waals surface area contributed by atoms with Crippen LogP contribution >= 0.6 is 0 Å². The first-order chi connectivity index (χ1) is 8.11. The number of amides is 1. The standard InChI is InChI=1S/C12H18N4O/c1-8-5-9(2)16(7-8)12(17)10-3-4-14-11(6-10)15-13/h3-4,6,8-9H,5,7,13H2,1-2H3,(H,14,15). The molecule has 5 nitrogen and oxygen atoms in total. The van der Waals surface area contributed by atoms with E-state index < -0.39 is 0 Å². The normalized spacial score (nSPS) is 23.8. The van der Waals surface area contributed by atoms with Crippen LogP contribution in [0.1, 0.15) is 30.6 Å². The maximum atomic E-state index is 12.3. The number of anilines is 1. The van der Waals surface area contributed by atoms with Gasteiger partial charge in [0.25, 0.3) is 5.91 Å². The number of pyridine rings is 1. The van der Waals surface area contributed by atoms with Crippen LogP contribution in [0.3, 0.4) is 0 Å². The summed E-state index contributed by atoms with van der Waals surface area (Å²) in [6, 6.07) is 3.71. The summed E-state index contributed by atoms with van der Waals surface area (Å²) in [5.41, 5.74) is 3.08. The van der Waals surface area contributed by atoms with Crippen molar-refractivity contribution in [3.05, 3.63) is 23.9 Å². The molecule has 2 unspecified atom stereocenters. The van der Waals surface area contributed by atoms with Crippen molar-refractivity contribution < 1.29 is 4.79 Å². The van der Waals surface area contributed by atoms with Gasteiger partial charge in [0.2, 0.25) is 0 Å². The van der Waals surface area contributed by atoms with Crippen LogP contribution in [-0.2, 0) is 0 Å². The number of nitrogens with one attached hydrogen (secondary N) is 1. The summed E-state index contributed by atoms with van der Waals surface area (Å²) in [6.45, 7) is 5.08. The molecule has 2 atom stereocenters. The number of carbonyl (C=O) groups is 1. The average Bonchev–Trinajstić information content (AvgIpc) is 2.67. The van der Waals surface area contributed by atoms with E-state index in [1.54, 1.807) is 18.3 Å². The molecule has 1 aromatic rings. The second kappa shape index (κ2) is 4.71. The fraction of sp³-hybridized carbons (Fsp3) is 0.500. The topological polar surface area (TPSA) is 71.2 Å². The monoisotopic (exact) mass is 234 g/mol. The molecule has 17 heavy (non-hydrogen) atoms. The third-order valence-electron chi connectivity index (χ3n) is 3.20. The molecule has 1 aromatic heterocycles. The lowest BCUT2D eigenvalue weighted by molar-refractivity contribution is 0.0743. The molecule has 1 saturated heterocycles. The number of nitrogens with zero attached hydrogens (tertiary/aromatic N) is 2. The molecule has 0 bridgehead atoms. The van der Waals surface area contributed by atoms with E-state index >= 15 is 0 Å². The second-order valence-corrected chi connectivity index (χ2v) is 4.72. The van der Waals surface area contributed by atoms with Crippen molar-refractivity contribution in [1.29, 1.82) is 0 Å². The summed E-state index contributed by atoms with van der Waals surface area (Å²) in [5, 5.41) is 0. The molecule has 3 N–H and O–H groups in total. The van der Waals surface area contributed by atoms with Crippen LogP contribution in [0.4, 0.5) is 5.82 Å². The Morgan fingerprint density at radius 1 is 1.59 bits per heavy atom. The highest BCUT2D eigenvalue weighted by Crippen LogP contribution is 2.24. The number of carbonyl (C=O) groups excluding carboxylic acids is 1. The Morgan fingerprint density at radius 2 is 2.35 bits per heavy atom. The van der Waals surface area contributed by atoms with Gasteiger partial charge in [-0.25, -0.2) is 10.8 Å². The molecule has 0 radical (unpaired) electrons. The molecule has 0 aliphatic carbocycles. The number of aromatic nitrogens is 1. The van der Waals surface area contributed by atoms with E-state index in [0.717, 1.165) is 13.0 Å². The predicted octanol–water partition coefficient (Wildman–Crippen LogP) is 1.24. The first kappa shape index (κ1) is 11.9. The smallest absolute Gasteiger partial charge is 0.254 e. The van der Waals surface area contributed by atoms with E-state index in [2.05, 4.69) is 24.3 Å². The first-order valence-electron chi connectivity index (χ1n) is 5.85. The summed E-state index contributed by atoms with van der Waals surface area (Å²) >= 11 is 0. The predicted molar refractivity (Wildman–Crippen MR) is 66.3 cm³/mol. The molecule has 1 aliphatic rings. The van der Waals surface area contributed by atoms with Crippen LogP contribution < -0.4 is 11.3 Å². The first-order valence-corrected chi connectivity index (χ1v) is 5.85. The molecule has 0 spiro atoms. The number of hydrogen-bond acceptors (Lipinski definition) is 4. The van der Waals surface area contributed by atoms with E-state index in [9.17, 15) is 4.79 Å². The number of nitrogen functional groups attached to an aromatic ring is 1. The van der Waals surface area contributed by atoms with E-state index in [1.807, 2.05) is 4.90 Å². The van der Waals surface area contributed by atoms with Crippen LogP contribution in [0.25, 0.3) is 0 Å². The van der Waals surface area contributed by atoms with Gasteiger partial charge in [-0.3, -0.25) is 4.79 Å². The molecular formula is C12H18N4O. The number of nitrogens with two attached hydrogens (primary N) is 1. The Morgan fingerprint density at radius 3 is 2.94 bits per heavy atom. The van der Waals surface area contributed by atoms with Gasteiger partial charge >= 0.3 is 0 Å². The minimum absolute atomic E-state index is 0.0563. The van der Waals surface area contributed by atoms with E-state index in [-0.39, 0.29) is 5.91 Å². The Hall–Kier alpha value is -1.62. The third kappa shape index (κ3) is 2.39. The number of hydrogen-bond donors (Lipinski definition) is 2. The molecule has 0 saturated carbocycles. The number of hydrazine groups is 1. The van der Waals surface area contributed by atoms with Crippen molar-refractivity contribution in [2.24, 2.45) is 11.8 Å². The summed E-state index contributed by atoms with van der Waals surface area (Å²) in [6.07, 6.45) is 2.66. The van der Waals surface area contributed by atoms with Gasteiger partial charge in [-0.15, -0.1) is 0 Å². The summed E-state index contributed by atoms with van der Waals surface area (Å²) in [7, 11) is 0. The Labute approximate surface area is 101 Å². The zero-order valence-corrected chi connectivity index (χ0v) is 10.2. The second-order valence-electron chi connectivity index (χ2n) is 4.72. The highest BCUT2D eigenvalue weighted by molar-refractivity contribution is 5.95. The fourth-order valence-electron chi connectivity index (χ4n) is 2.39. The molecule has 0 aromatic carbocycles. The van der Waals surface area contributed by atoms with Crippen molar-refractivity contribution >= 4 is 11.7 Å².